The highest BCUT2D eigenvalue weighted by Crippen LogP contribution is 2.30. The highest BCUT2D eigenvalue weighted by Gasteiger charge is 2.29. The molecule has 9 heteroatoms. The van der Waals surface area contributed by atoms with Gasteiger partial charge in [0.2, 0.25) is 5.55 Å². The molecule has 2 N–H and O–H groups in total. The fourth-order valence-corrected chi connectivity index (χ4v) is 2.99. The van der Waals surface area contributed by atoms with E-state index in [2.05, 4.69) is 15.3 Å². The molecular weight excluding hydrogens is 423 g/mol. The molecular formula is C23H16F3N3O3. The van der Waals surface area contributed by atoms with E-state index in [1.54, 1.807) is 31.2 Å². The van der Waals surface area contributed by atoms with Gasteiger partial charge in [0.15, 0.2) is 0 Å². The summed E-state index contributed by atoms with van der Waals surface area (Å²) in [7, 11) is 0. The molecule has 0 aliphatic rings. The molecule has 32 heavy (non-hydrogen) atoms. The van der Waals surface area contributed by atoms with Crippen molar-refractivity contribution < 1.29 is 27.5 Å². The van der Waals surface area contributed by atoms with Crippen molar-refractivity contribution in [3.63, 3.8) is 0 Å². The first kappa shape index (κ1) is 21.1. The predicted octanol–water partition coefficient (Wildman–Crippen LogP) is 5.35. The van der Waals surface area contributed by atoms with E-state index in [4.69, 9.17) is 4.42 Å². The minimum absolute atomic E-state index is 0.0476. The molecule has 0 bridgehead atoms. The van der Waals surface area contributed by atoms with E-state index in [1.807, 2.05) is 0 Å². The molecule has 162 valence electrons. The summed E-state index contributed by atoms with van der Waals surface area (Å²) in [5.41, 5.74) is 0.209. The third-order valence-electron chi connectivity index (χ3n) is 4.53. The highest BCUT2D eigenvalue weighted by molar-refractivity contribution is 6.05. The Kier molecular flexibility index (Phi) is 5.40. The van der Waals surface area contributed by atoms with E-state index in [1.165, 1.54) is 30.3 Å². The standard InChI is InChI=1S/C23H16F3N3O3/c1-13-3-2-4-20(27-13)29-21(31)18-11-14-5-10-17(30)12-19(14)32-22(18)28-16-8-6-15(7-9-16)23(24,25)26/h2-12,30H,1H3,(H,27,29,31). The number of phenolic OH excluding ortho intramolecular Hbond substituents is 1. The first-order valence-electron chi connectivity index (χ1n) is 9.43. The second-order valence-electron chi connectivity index (χ2n) is 6.96. The average molecular weight is 439 g/mol. The molecule has 2 heterocycles. The SMILES string of the molecule is Cc1cccc(NC(=O)c2cc3ccc(O)cc3oc2=Nc2ccc(C(F)(F)F)cc2)n1. The van der Waals surface area contributed by atoms with E-state index in [-0.39, 0.29) is 28.1 Å². The van der Waals surface area contributed by atoms with E-state index in [9.17, 15) is 23.1 Å². The lowest BCUT2D eigenvalue weighted by Crippen LogP contribution is -2.22. The Balaban J connectivity index is 1.82. The van der Waals surface area contributed by atoms with Crippen LogP contribution in [0.4, 0.5) is 24.7 Å². The molecule has 0 fully saturated rings. The van der Waals surface area contributed by atoms with E-state index in [0.29, 0.717) is 16.9 Å². The summed E-state index contributed by atoms with van der Waals surface area (Å²) in [5, 5.41) is 12.9. The van der Waals surface area contributed by atoms with Crippen molar-refractivity contribution in [2.45, 2.75) is 13.1 Å². The number of aromatic hydroxyl groups is 1. The molecule has 1 amide bonds. The van der Waals surface area contributed by atoms with Crippen molar-refractivity contribution in [2.75, 3.05) is 5.32 Å². The average Bonchev–Trinajstić information content (AvgIpc) is 2.73. The van der Waals surface area contributed by atoms with Crippen LogP contribution in [0.3, 0.4) is 0 Å². The third-order valence-corrected chi connectivity index (χ3v) is 4.53. The summed E-state index contributed by atoms with van der Waals surface area (Å²) in [6.07, 6.45) is -4.48. The van der Waals surface area contributed by atoms with E-state index >= 15 is 0 Å². The van der Waals surface area contributed by atoms with Crippen molar-refractivity contribution in [1.29, 1.82) is 0 Å². The molecule has 0 aliphatic carbocycles. The first-order valence-corrected chi connectivity index (χ1v) is 9.43. The number of alkyl halides is 3. The lowest BCUT2D eigenvalue weighted by atomic mass is 10.1. The van der Waals surface area contributed by atoms with E-state index in [0.717, 1.165) is 12.1 Å². The molecule has 0 spiro atoms. The van der Waals surface area contributed by atoms with Gasteiger partial charge in [-0.1, -0.05) is 6.07 Å². The number of rotatable bonds is 3. The van der Waals surface area contributed by atoms with E-state index < -0.39 is 17.6 Å². The number of hydrogen-bond acceptors (Lipinski definition) is 5. The quantitative estimate of drug-likeness (QED) is 0.451. The number of carbonyl (C=O) groups excluding carboxylic acids is 1. The maximum absolute atomic E-state index is 13.0. The minimum Gasteiger partial charge on any atom is -0.508 e. The zero-order chi connectivity index (χ0) is 22.9. The second kappa shape index (κ2) is 8.18. The second-order valence-corrected chi connectivity index (χ2v) is 6.96. The number of carbonyl (C=O) groups is 1. The summed E-state index contributed by atoms with van der Waals surface area (Å²) < 4.78 is 44.2. The molecule has 4 rings (SSSR count). The lowest BCUT2D eigenvalue weighted by Gasteiger charge is -2.08. The Morgan fingerprint density at radius 3 is 2.50 bits per heavy atom. The van der Waals surface area contributed by atoms with Gasteiger partial charge in [-0.25, -0.2) is 9.98 Å². The van der Waals surface area contributed by atoms with Gasteiger partial charge in [-0.2, -0.15) is 13.2 Å². The Morgan fingerprint density at radius 1 is 1.06 bits per heavy atom. The number of benzene rings is 2. The van der Waals surface area contributed by atoms with Gasteiger partial charge in [0.1, 0.15) is 22.7 Å². The molecule has 0 atom stereocenters. The minimum atomic E-state index is -4.48. The van der Waals surface area contributed by atoms with Crippen LogP contribution >= 0.6 is 0 Å². The number of nitrogens with one attached hydrogen (secondary N) is 1. The molecule has 0 radical (unpaired) electrons. The lowest BCUT2D eigenvalue weighted by molar-refractivity contribution is -0.137. The molecule has 0 unspecified atom stereocenters. The van der Waals surface area contributed by atoms with Crippen molar-refractivity contribution in [3.05, 3.63) is 89.1 Å². The van der Waals surface area contributed by atoms with Gasteiger partial charge in [0, 0.05) is 17.1 Å². The zero-order valence-corrected chi connectivity index (χ0v) is 16.6. The number of phenols is 1. The Hall–Kier alpha value is -4.14. The number of anilines is 1. The third kappa shape index (κ3) is 4.61. The number of nitrogens with zero attached hydrogens (tertiary/aromatic N) is 2. The molecule has 2 aromatic carbocycles. The highest BCUT2D eigenvalue weighted by atomic mass is 19.4. The van der Waals surface area contributed by atoms with Gasteiger partial charge in [-0.15, -0.1) is 0 Å². The Bertz CT molecular complexity index is 1380. The summed E-state index contributed by atoms with van der Waals surface area (Å²) in [4.78, 5) is 21.4. The van der Waals surface area contributed by atoms with Crippen LogP contribution in [-0.4, -0.2) is 16.0 Å². The number of hydrogen-bond donors (Lipinski definition) is 2. The number of aromatic nitrogens is 1. The smallest absolute Gasteiger partial charge is 0.416 e. The molecule has 2 aromatic heterocycles. The summed E-state index contributed by atoms with van der Waals surface area (Å²) in [6, 6.07) is 15.1. The van der Waals surface area contributed by atoms with Crippen molar-refractivity contribution >= 4 is 28.4 Å². The van der Waals surface area contributed by atoms with Crippen LogP contribution in [0.5, 0.6) is 5.75 Å². The monoisotopic (exact) mass is 439 g/mol. The first-order chi connectivity index (χ1) is 15.2. The fraction of sp³-hybridized carbons (Fsp3) is 0.0870. The van der Waals surface area contributed by atoms with Crippen molar-refractivity contribution in [1.82, 2.24) is 4.98 Å². The van der Waals surface area contributed by atoms with Crippen LogP contribution in [0.15, 0.2) is 76.1 Å². The van der Waals surface area contributed by atoms with Gasteiger partial charge in [-0.3, -0.25) is 4.79 Å². The number of pyridine rings is 1. The van der Waals surface area contributed by atoms with Crippen LogP contribution in [0.25, 0.3) is 11.0 Å². The van der Waals surface area contributed by atoms with Gasteiger partial charge in [0.05, 0.1) is 11.3 Å². The molecule has 4 aromatic rings. The van der Waals surface area contributed by atoms with Gasteiger partial charge >= 0.3 is 6.18 Å². The molecule has 6 nitrogen and oxygen atoms in total. The van der Waals surface area contributed by atoms with Crippen LogP contribution in [0, 0.1) is 6.92 Å². The fourth-order valence-electron chi connectivity index (χ4n) is 2.99. The molecule has 0 saturated carbocycles. The van der Waals surface area contributed by atoms with Crippen LogP contribution in [0.2, 0.25) is 0 Å². The number of aryl methyl sites for hydroxylation is 1. The van der Waals surface area contributed by atoms with Gasteiger partial charge in [-0.05, 0) is 61.5 Å². The van der Waals surface area contributed by atoms with Gasteiger partial charge < -0.3 is 14.8 Å². The largest absolute Gasteiger partial charge is 0.508 e. The number of fused-ring (bicyclic) bond motifs is 1. The normalized spacial score (nSPS) is 12.2. The van der Waals surface area contributed by atoms with Crippen molar-refractivity contribution in [2.24, 2.45) is 4.99 Å². The van der Waals surface area contributed by atoms with Crippen LogP contribution in [0.1, 0.15) is 21.6 Å². The Morgan fingerprint density at radius 2 is 1.81 bits per heavy atom. The molecule has 0 aliphatic heterocycles. The topological polar surface area (TPSA) is 87.7 Å². The van der Waals surface area contributed by atoms with Crippen molar-refractivity contribution in [3.8, 4) is 5.75 Å². The molecule has 0 saturated heterocycles. The maximum Gasteiger partial charge on any atom is 0.416 e. The summed E-state index contributed by atoms with van der Waals surface area (Å²) >= 11 is 0. The predicted molar refractivity (Wildman–Crippen MR) is 111 cm³/mol. The zero-order valence-electron chi connectivity index (χ0n) is 16.6. The maximum atomic E-state index is 13.0. The number of halogens is 3. The Labute approximate surface area is 179 Å². The van der Waals surface area contributed by atoms with Crippen LogP contribution < -0.4 is 10.9 Å². The van der Waals surface area contributed by atoms with Gasteiger partial charge in [0.25, 0.3) is 5.91 Å². The summed E-state index contributed by atoms with van der Waals surface area (Å²) in [6.45, 7) is 1.78. The summed E-state index contributed by atoms with van der Waals surface area (Å²) in [5.74, 6) is -0.295. The number of amides is 1. The van der Waals surface area contributed by atoms with Crippen LogP contribution in [-0.2, 0) is 6.18 Å².